The van der Waals surface area contributed by atoms with Crippen LogP contribution in [0.25, 0.3) is 23.0 Å². The summed E-state index contributed by atoms with van der Waals surface area (Å²) in [6.45, 7) is 0. The zero-order valence-electron chi connectivity index (χ0n) is 17.5. The van der Waals surface area contributed by atoms with E-state index in [4.69, 9.17) is 16.7 Å². The Morgan fingerprint density at radius 3 is 2.63 bits per heavy atom. The fourth-order valence-corrected chi connectivity index (χ4v) is 3.28. The van der Waals surface area contributed by atoms with Crippen LogP contribution in [0.5, 0.6) is 0 Å². The Labute approximate surface area is 200 Å². The molecule has 0 amide bonds. The van der Waals surface area contributed by atoms with Crippen LogP contribution in [0.4, 0.5) is 29.2 Å². The number of aromatic nitrogens is 4. The highest BCUT2D eigenvalue weighted by molar-refractivity contribution is 6.31. The molecule has 2 N–H and O–H groups in total. The monoisotopic (exact) mass is 503 g/mol. The molecule has 4 rings (SSSR count). The molecule has 2 heterocycles. The number of hydrogen-bond acceptors (Lipinski definition) is 5. The van der Waals surface area contributed by atoms with Crippen molar-refractivity contribution in [1.82, 2.24) is 19.5 Å². The van der Waals surface area contributed by atoms with Crippen molar-refractivity contribution < 1.29 is 27.5 Å². The van der Waals surface area contributed by atoms with Crippen LogP contribution in [0, 0.1) is 5.82 Å². The van der Waals surface area contributed by atoms with Crippen LogP contribution in [-0.2, 0) is 11.0 Å². The molecule has 0 spiro atoms. The molecule has 2 aromatic heterocycles. The summed E-state index contributed by atoms with van der Waals surface area (Å²) in [5, 5.41) is 11.6. The summed E-state index contributed by atoms with van der Waals surface area (Å²) in [6.07, 6.45) is 0.831. The minimum Gasteiger partial charge on any atom is -0.478 e. The van der Waals surface area contributed by atoms with E-state index in [2.05, 4.69) is 20.3 Å². The number of nitrogens with zero attached hydrogens (tertiary/aromatic N) is 4. The lowest BCUT2D eigenvalue weighted by molar-refractivity contribution is -0.141. The number of carboxylic acids is 1. The molecular formula is C23H14ClF4N5O2. The van der Waals surface area contributed by atoms with Gasteiger partial charge in [-0.1, -0.05) is 29.8 Å². The van der Waals surface area contributed by atoms with E-state index in [0.717, 1.165) is 29.2 Å². The van der Waals surface area contributed by atoms with Crippen LogP contribution >= 0.6 is 11.6 Å². The summed E-state index contributed by atoms with van der Waals surface area (Å²) >= 11 is 5.80. The molecule has 2 aromatic carbocycles. The molecule has 0 unspecified atom stereocenters. The van der Waals surface area contributed by atoms with Gasteiger partial charge in [0, 0.05) is 29.7 Å². The highest BCUT2D eigenvalue weighted by Gasteiger charge is 2.34. The number of imidazole rings is 1. The van der Waals surface area contributed by atoms with Gasteiger partial charge in [0.1, 0.15) is 12.1 Å². The molecule has 0 atom stereocenters. The number of anilines is 2. The number of alkyl halides is 3. The molecule has 0 bridgehead atoms. The lowest BCUT2D eigenvalue weighted by Gasteiger charge is -2.13. The van der Waals surface area contributed by atoms with Crippen molar-refractivity contribution in [3.8, 4) is 16.9 Å². The first-order chi connectivity index (χ1) is 16.6. The van der Waals surface area contributed by atoms with Gasteiger partial charge in [0.2, 0.25) is 5.95 Å². The van der Waals surface area contributed by atoms with Crippen molar-refractivity contribution in [2.75, 3.05) is 5.32 Å². The molecule has 0 fully saturated rings. The summed E-state index contributed by atoms with van der Waals surface area (Å²) in [4.78, 5) is 22.8. The molecule has 35 heavy (non-hydrogen) atoms. The van der Waals surface area contributed by atoms with Gasteiger partial charge in [0.25, 0.3) is 0 Å². The third-order valence-electron chi connectivity index (χ3n) is 4.68. The zero-order chi connectivity index (χ0) is 25.2. The maximum Gasteiger partial charge on any atom is 0.434 e. The second-order valence-electron chi connectivity index (χ2n) is 7.15. The molecule has 0 aliphatic heterocycles. The molecule has 0 saturated heterocycles. The van der Waals surface area contributed by atoms with Gasteiger partial charge in [-0.25, -0.2) is 19.2 Å². The first kappa shape index (κ1) is 23.9. The minimum absolute atomic E-state index is 0.00983. The molecule has 0 radical (unpaired) electrons. The number of halogens is 5. The number of aliphatic carboxylic acids is 1. The first-order valence-electron chi connectivity index (χ1n) is 9.82. The van der Waals surface area contributed by atoms with Gasteiger partial charge in [-0.15, -0.1) is 0 Å². The Bertz CT molecular complexity index is 1440. The Hall–Kier alpha value is -4.25. The predicted octanol–water partition coefficient (Wildman–Crippen LogP) is 5.98. The number of benzene rings is 2. The smallest absolute Gasteiger partial charge is 0.434 e. The second kappa shape index (κ2) is 9.55. The molecule has 0 aliphatic rings. The van der Waals surface area contributed by atoms with E-state index in [9.17, 15) is 22.4 Å². The van der Waals surface area contributed by atoms with E-state index in [1.165, 1.54) is 24.4 Å². The minimum atomic E-state index is -4.66. The fourth-order valence-electron chi connectivity index (χ4n) is 3.10. The van der Waals surface area contributed by atoms with Crippen LogP contribution in [0.2, 0.25) is 5.02 Å². The number of hydrogen-bond donors (Lipinski definition) is 2. The van der Waals surface area contributed by atoms with E-state index < -0.39 is 23.7 Å². The van der Waals surface area contributed by atoms with Crippen LogP contribution in [0.15, 0.2) is 67.3 Å². The SMILES string of the molecule is O=C(O)C=Cc1cccc(-c2cnc(Nc3ccc(F)c(Cl)c3)nc2-n2cnc(C(F)(F)F)c2)c1. The average Bonchev–Trinajstić information content (AvgIpc) is 3.31. The summed E-state index contributed by atoms with van der Waals surface area (Å²) in [5.41, 5.74) is 0.661. The van der Waals surface area contributed by atoms with Crippen molar-refractivity contribution in [2.24, 2.45) is 0 Å². The maximum absolute atomic E-state index is 13.5. The summed E-state index contributed by atoms with van der Waals surface area (Å²) < 4.78 is 54.0. The van der Waals surface area contributed by atoms with Crippen molar-refractivity contribution in [3.63, 3.8) is 0 Å². The molecule has 0 saturated carbocycles. The average molecular weight is 504 g/mol. The van der Waals surface area contributed by atoms with Gasteiger partial charge in [-0.3, -0.25) is 4.57 Å². The number of rotatable bonds is 6. The maximum atomic E-state index is 13.5. The third-order valence-corrected chi connectivity index (χ3v) is 4.97. The van der Waals surface area contributed by atoms with E-state index in [-0.39, 0.29) is 16.8 Å². The van der Waals surface area contributed by atoms with Crippen molar-refractivity contribution >= 4 is 35.3 Å². The van der Waals surface area contributed by atoms with Gasteiger partial charge in [0.05, 0.1) is 5.02 Å². The quantitative estimate of drug-likeness (QED) is 0.248. The summed E-state index contributed by atoms with van der Waals surface area (Å²) in [5.74, 6) is -1.67. The number of nitrogens with one attached hydrogen (secondary N) is 1. The molecule has 178 valence electrons. The second-order valence-corrected chi connectivity index (χ2v) is 7.55. The van der Waals surface area contributed by atoms with Gasteiger partial charge >= 0.3 is 12.1 Å². The zero-order valence-corrected chi connectivity index (χ0v) is 18.2. The Morgan fingerprint density at radius 2 is 1.94 bits per heavy atom. The standard InChI is InChI=1S/C23H14ClF4N5O2/c24-17-9-15(5-6-18(17)25)31-22-29-10-16(14-3-1-2-13(8-14)4-7-20(34)35)21(32-22)33-11-19(30-12-33)23(26,27)28/h1-12H,(H,34,35)(H,29,31,32). The van der Waals surface area contributed by atoms with Crippen LogP contribution in [0.3, 0.4) is 0 Å². The van der Waals surface area contributed by atoms with Gasteiger partial charge in [0.15, 0.2) is 11.5 Å². The lowest BCUT2D eigenvalue weighted by Crippen LogP contribution is -2.06. The number of carboxylic acid groups (broad SMARTS) is 1. The van der Waals surface area contributed by atoms with Crippen molar-refractivity contribution in [1.29, 1.82) is 0 Å². The normalized spacial score (nSPS) is 11.7. The third kappa shape index (κ3) is 5.64. The number of carbonyl (C=O) groups is 1. The largest absolute Gasteiger partial charge is 0.478 e. The lowest BCUT2D eigenvalue weighted by atomic mass is 10.0. The highest BCUT2D eigenvalue weighted by Crippen LogP contribution is 2.31. The molecule has 7 nitrogen and oxygen atoms in total. The van der Waals surface area contributed by atoms with Crippen molar-refractivity contribution in [3.05, 3.63) is 89.4 Å². The molecular weight excluding hydrogens is 490 g/mol. The predicted molar refractivity (Wildman–Crippen MR) is 121 cm³/mol. The molecule has 12 heteroatoms. The van der Waals surface area contributed by atoms with Gasteiger partial charge < -0.3 is 10.4 Å². The van der Waals surface area contributed by atoms with E-state index >= 15 is 0 Å². The summed E-state index contributed by atoms with van der Waals surface area (Å²) in [6, 6.07) is 10.5. The van der Waals surface area contributed by atoms with E-state index in [1.54, 1.807) is 24.3 Å². The molecule has 0 aliphatic carbocycles. The van der Waals surface area contributed by atoms with Crippen LogP contribution < -0.4 is 5.32 Å². The Kier molecular flexibility index (Phi) is 6.52. The van der Waals surface area contributed by atoms with Crippen molar-refractivity contribution in [2.45, 2.75) is 6.18 Å². The van der Waals surface area contributed by atoms with E-state index in [1.807, 2.05) is 0 Å². The Balaban J connectivity index is 1.80. The topological polar surface area (TPSA) is 92.9 Å². The first-order valence-corrected chi connectivity index (χ1v) is 10.2. The molecule has 4 aromatic rings. The Morgan fingerprint density at radius 1 is 1.14 bits per heavy atom. The van der Waals surface area contributed by atoms with E-state index in [0.29, 0.717) is 22.4 Å². The summed E-state index contributed by atoms with van der Waals surface area (Å²) in [7, 11) is 0. The van der Waals surface area contributed by atoms with Gasteiger partial charge in [-0.05, 0) is 41.5 Å². The highest BCUT2D eigenvalue weighted by atomic mass is 35.5. The van der Waals surface area contributed by atoms with Gasteiger partial charge in [-0.2, -0.15) is 18.2 Å². The fraction of sp³-hybridized carbons (Fsp3) is 0.0435. The van der Waals surface area contributed by atoms with Crippen LogP contribution in [0.1, 0.15) is 11.3 Å². The van der Waals surface area contributed by atoms with Crippen LogP contribution in [-0.4, -0.2) is 30.6 Å².